The van der Waals surface area contributed by atoms with Crippen molar-refractivity contribution in [2.75, 3.05) is 11.5 Å². The molecule has 1 aromatic carbocycles. The minimum Gasteiger partial charge on any atom is -0.394 e. The molecule has 5 heteroatoms. The summed E-state index contributed by atoms with van der Waals surface area (Å²) < 4.78 is 0. The SMILES string of the molecule is CCc1cnc(N2[C@H](C#N)[C@@H](c3ccccc3)[C@@H]2CO)s1. The Morgan fingerprint density at radius 2 is 2.14 bits per heavy atom. The number of aromatic nitrogens is 1. The fraction of sp³-hybridized carbons (Fsp3) is 0.375. The molecule has 21 heavy (non-hydrogen) atoms. The highest BCUT2D eigenvalue weighted by atomic mass is 32.1. The van der Waals surface area contributed by atoms with Crippen molar-refractivity contribution in [2.24, 2.45) is 0 Å². The third-order valence-corrected chi connectivity index (χ3v) is 5.18. The maximum absolute atomic E-state index is 9.75. The summed E-state index contributed by atoms with van der Waals surface area (Å²) in [6, 6.07) is 12.0. The van der Waals surface area contributed by atoms with E-state index in [2.05, 4.69) is 18.0 Å². The number of rotatable bonds is 4. The smallest absolute Gasteiger partial charge is 0.186 e. The predicted octanol–water partition coefficient (Wildman–Crippen LogP) is 2.56. The van der Waals surface area contributed by atoms with Crippen molar-refractivity contribution in [3.8, 4) is 6.07 Å². The first-order valence-electron chi connectivity index (χ1n) is 7.08. The van der Waals surface area contributed by atoms with E-state index in [1.54, 1.807) is 11.3 Å². The van der Waals surface area contributed by atoms with Crippen molar-refractivity contribution in [1.82, 2.24) is 4.98 Å². The molecule has 1 saturated heterocycles. The van der Waals surface area contributed by atoms with Crippen molar-refractivity contribution in [3.05, 3.63) is 47.0 Å². The second kappa shape index (κ2) is 5.84. The first-order valence-corrected chi connectivity index (χ1v) is 7.90. The van der Waals surface area contributed by atoms with Crippen LogP contribution in [0, 0.1) is 11.3 Å². The monoisotopic (exact) mass is 299 g/mol. The molecule has 2 heterocycles. The molecule has 0 saturated carbocycles. The largest absolute Gasteiger partial charge is 0.394 e. The summed E-state index contributed by atoms with van der Waals surface area (Å²) in [5.74, 6) is 0.0372. The Kier molecular flexibility index (Phi) is 3.91. The highest BCUT2D eigenvalue weighted by Gasteiger charge is 2.50. The van der Waals surface area contributed by atoms with Crippen LogP contribution >= 0.6 is 11.3 Å². The molecular formula is C16H17N3OS. The Morgan fingerprint density at radius 1 is 1.38 bits per heavy atom. The van der Waals surface area contributed by atoms with Gasteiger partial charge in [-0.2, -0.15) is 5.26 Å². The normalized spacial score (nSPS) is 24.4. The summed E-state index contributed by atoms with van der Waals surface area (Å²) in [4.78, 5) is 7.57. The highest BCUT2D eigenvalue weighted by molar-refractivity contribution is 7.15. The minimum atomic E-state index is -0.264. The lowest BCUT2D eigenvalue weighted by atomic mass is 9.76. The molecule has 2 aromatic rings. The Morgan fingerprint density at radius 3 is 2.71 bits per heavy atom. The van der Waals surface area contributed by atoms with Crippen molar-refractivity contribution in [1.29, 1.82) is 5.26 Å². The van der Waals surface area contributed by atoms with E-state index in [1.165, 1.54) is 4.88 Å². The summed E-state index contributed by atoms with van der Waals surface area (Å²) in [5.41, 5.74) is 1.10. The molecule has 3 atom stereocenters. The quantitative estimate of drug-likeness (QED) is 0.942. The lowest BCUT2D eigenvalue weighted by Crippen LogP contribution is -2.63. The van der Waals surface area contributed by atoms with E-state index in [0.29, 0.717) is 0 Å². The van der Waals surface area contributed by atoms with Gasteiger partial charge in [0.1, 0.15) is 6.04 Å². The third-order valence-electron chi connectivity index (χ3n) is 4.03. The van der Waals surface area contributed by atoms with Gasteiger partial charge in [0, 0.05) is 17.0 Å². The molecule has 0 unspecified atom stereocenters. The number of thiazole rings is 1. The summed E-state index contributed by atoms with van der Waals surface area (Å²) in [6.07, 6.45) is 2.80. The highest BCUT2D eigenvalue weighted by Crippen LogP contribution is 2.44. The molecule has 0 aliphatic carbocycles. The zero-order valence-corrected chi connectivity index (χ0v) is 12.6. The van der Waals surface area contributed by atoms with Crippen LogP contribution in [0.25, 0.3) is 0 Å². The molecule has 3 rings (SSSR count). The van der Waals surface area contributed by atoms with Gasteiger partial charge in [-0.1, -0.05) is 37.3 Å². The average Bonchev–Trinajstić information content (AvgIpc) is 2.96. The number of hydrogen-bond acceptors (Lipinski definition) is 5. The Balaban J connectivity index is 1.91. The number of hydrogen-bond donors (Lipinski definition) is 1. The van der Waals surface area contributed by atoms with Crippen LogP contribution in [0.3, 0.4) is 0 Å². The Labute approximate surface area is 128 Å². The van der Waals surface area contributed by atoms with E-state index < -0.39 is 0 Å². The predicted molar refractivity (Wildman–Crippen MR) is 83.4 cm³/mol. The van der Waals surface area contributed by atoms with Gasteiger partial charge in [-0.15, -0.1) is 11.3 Å². The molecule has 1 aliphatic heterocycles. The number of anilines is 1. The molecule has 0 bridgehead atoms. The van der Waals surface area contributed by atoms with Crippen molar-refractivity contribution >= 4 is 16.5 Å². The van der Waals surface area contributed by atoms with E-state index in [-0.39, 0.29) is 24.6 Å². The summed E-state index contributed by atoms with van der Waals surface area (Å²) >= 11 is 1.60. The van der Waals surface area contributed by atoms with Gasteiger partial charge in [0.15, 0.2) is 5.13 Å². The summed E-state index contributed by atoms with van der Waals surface area (Å²) in [6.45, 7) is 2.12. The van der Waals surface area contributed by atoms with Gasteiger partial charge in [0.2, 0.25) is 0 Å². The fourth-order valence-corrected chi connectivity index (χ4v) is 3.87. The summed E-state index contributed by atoms with van der Waals surface area (Å²) in [7, 11) is 0. The van der Waals surface area contributed by atoms with Gasteiger partial charge in [0.05, 0.1) is 18.7 Å². The first kappa shape index (κ1) is 14.1. The Hall–Kier alpha value is -1.90. The van der Waals surface area contributed by atoms with Gasteiger partial charge >= 0.3 is 0 Å². The number of aliphatic hydroxyl groups excluding tert-OH is 1. The topological polar surface area (TPSA) is 60.2 Å². The zero-order valence-electron chi connectivity index (χ0n) is 11.8. The molecule has 1 aromatic heterocycles. The number of nitriles is 1. The van der Waals surface area contributed by atoms with Gasteiger partial charge in [-0.25, -0.2) is 4.98 Å². The third kappa shape index (κ3) is 2.31. The van der Waals surface area contributed by atoms with Crippen LogP contribution in [0.5, 0.6) is 0 Å². The number of aliphatic hydroxyl groups is 1. The molecule has 1 fully saturated rings. The average molecular weight is 299 g/mol. The van der Waals surface area contributed by atoms with Gasteiger partial charge < -0.3 is 10.0 Å². The number of benzene rings is 1. The second-order valence-electron chi connectivity index (χ2n) is 5.13. The molecular weight excluding hydrogens is 282 g/mol. The summed E-state index contributed by atoms with van der Waals surface area (Å²) in [5, 5.41) is 20.1. The molecule has 0 amide bonds. The molecule has 1 aliphatic rings. The number of nitrogens with zero attached hydrogens (tertiary/aromatic N) is 3. The molecule has 1 N–H and O–H groups in total. The Bertz CT molecular complexity index is 649. The van der Waals surface area contributed by atoms with Crippen LogP contribution in [0.15, 0.2) is 36.5 Å². The minimum absolute atomic E-state index is 0.0266. The lowest BCUT2D eigenvalue weighted by Gasteiger charge is -2.51. The fourth-order valence-electron chi connectivity index (χ4n) is 2.93. The molecule has 0 spiro atoms. The van der Waals surface area contributed by atoms with E-state index in [1.807, 2.05) is 41.4 Å². The van der Waals surface area contributed by atoms with Crippen molar-refractivity contribution < 1.29 is 5.11 Å². The zero-order chi connectivity index (χ0) is 14.8. The van der Waals surface area contributed by atoms with Crippen molar-refractivity contribution in [2.45, 2.75) is 31.3 Å². The van der Waals surface area contributed by atoms with Gasteiger partial charge in [0.25, 0.3) is 0 Å². The number of aryl methyl sites for hydroxylation is 1. The van der Waals surface area contributed by atoms with Crippen LogP contribution in [-0.2, 0) is 6.42 Å². The van der Waals surface area contributed by atoms with E-state index in [4.69, 9.17) is 0 Å². The van der Waals surface area contributed by atoms with Crippen LogP contribution in [0.1, 0.15) is 23.3 Å². The van der Waals surface area contributed by atoms with Crippen LogP contribution in [0.2, 0.25) is 0 Å². The molecule has 4 nitrogen and oxygen atoms in total. The van der Waals surface area contributed by atoms with Crippen LogP contribution < -0.4 is 4.90 Å². The van der Waals surface area contributed by atoms with Crippen LogP contribution in [-0.4, -0.2) is 28.8 Å². The first-order chi connectivity index (χ1) is 10.3. The van der Waals surface area contributed by atoms with E-state index in [9.17, 15) is 10.4 Å². The molecule has 108 valence electrons. The van der Waals surface area contributed by atoms with Crippen molar-refractivity contribution in [3.63, 3.8) is 0 Å². The van der Waals surface area contributed by atoms with E-state index >= 15 is 0 Å². The lowest BCUT2D eigenvalue weighted by molar-refractivity contribution is 0.187. The maximum Gasteiger partial charge on any atom is 0.186 e. The van der Waals surface area contributed by atoms with Gasteiger partial charge in [-0.3, -0.25) is 0 Å². The maximum atomic E-state index is 9.75. The van der Waals surface area contributed by atoms with Crippen LogP contribution in [0.4, 0.5) is 5.13 Å². The molecule has 0 radical (unpaired) electrons. The second-order valence-corrected chi connectivity index (χ2v) is 6.22. The standard InChI is InChI=1S/C16H17N3OS/c1-2-12-9-18-16(21-12)19-13(8-17)15(14(19)10-20)11-6-4-3-5-7-11/h3-7,9,13-15,20H,2,10H2,1H3/t13-,14+,15-/m1/s1. The van der Waals surface area contributed by atoms with E-state index in [0.717, 1.165) is 17.1 Å². The van der Waals surface area contributed by atoms with Gasteiger partial charge in [-0.05, 0) is 12.0 Å².